The van der Waals surface area contributed by atoms with Crippen molar-refractivity contribution in [2.45, 2.75) is 39.8 Å². The maximum absolute atomic E-state index is 12.1. The number of nitrogens with two attached hydrogens (primary N) is 1. The van der Waals surface area contributed by atoms with Gasteiger partial charge < -0.3 is 5.73 Å². The van der Waals surface area contributed by atoms with Crippen LogP contribution in [0.4, 0.5) is 0 Å². The molecule has 0 aliphatic rings. The molecule has 25 heavy (non-hydrogen) atoms. The molecule has 2 aromatic rings. The Morgan fingerprint density at radius 1 is 0.920 bits per heavy atom. The van der Waals surface area contributed by atoms with Gasteiger partial charge in [0.05, 0.1) is 0 Å². The first-order valence-electron chi connectivity index (χ1n) is 8.76. The Labute approximate surface area is 149 Å². The molecular weight excluding hydrogens is 312 g/mol. The fourth-order valence-electron chi connectivity index (χ4n) is 2.83. The number of primary amides is 1. The van der Waals surface area contributed by atoms with Gasteiger partial charge >= 0.3 is 0 Å². The van der Waals surface area contributed by atoms with Gasteiger partial charge in [-0.1, -0.05) is 44.2 Å². The van der Waals surface area contributed by atoms with Gasteiger partial charge in [0.25, 0.3) is 0 Å². The topological polar surface area (TPSA) is 63.4 Å². The highest BCUT2D eigenvalue weighted by Gasteiger charge is 2.09. The Kier molecular flexibility index (Phi) is 6.90. The van der Waals surface area contributed by atoms with Crippen LogP contribution in [-0.2, 0) is 13.1 Å². The average Bonchev–Trinajstić information content (AvgIpc) is 2.62. The van der Waals surface area contributed by atoms with Gasteiger partial charge in [0.15, 0.2) is 5.78 Å². The largest absolute Gasteiger partial charge is 0.366 e. The smallest absolute Gasteiger partial charge is 0.248 e. The summed E-state index contributed by atoms with van der Waals surface area (Å²) in [5.41, 5.74) is 8.84. The molecule has 2 rings (SSSR count). The number of hydrogen-bond donors (Lipinski definition) is 1. The molecule has 0 aliphatic carbocycles. The van der Waals surface area contributed by atoms with E-state index in [1.54, 1.807) is 6.07 Å². The molecule has 1 amide bonds. The lowest BCUT2D eigenvalue weighted by Crippen LogP contribution is -2.23. The number of carbonyl (C=O) groups is 2. The van der Waals surface area contributed by atoms with Crippen molar-refractivity contribution >= 4 is 11.7 Å². The SMILES string of the molecule is CCCC(=O)c1cccc(CN(CC)Cc2cccc(C(N)=O)c2)c1. The van der Waals surface area contributed by atoms with E-state index >= 15 is 0 Å². The highest BCUT2D eigenvalue weighted by atomic mass is 16.1. The Hall–Kier alpha value is -2.46. The van der Waals surface area contributed by atoms with E-state index in [1.807, 2.05) is 49.4 Å². The summed E-state index contributed by atoms with van der Waals surface area (Å²) in [6, 6.07) is 15.3. The fourth-order valence-corrected chi connectivity index (χ4v) is 2.83. The van der Waals surface area contributed by atoms with Crippen molar-refractivity contribution in [2.24, 2.45) is 5.73 Å². The summed E-state index contributed by atoms with van der Waals surface area (Å²) in [6.45, 7) is 6.47. The van der Waals surface area contributed by atoms with Crippen LogP contribution in [-0.4, -0.2) is 23.1 Å². The van der Waals surface area contributed by atoms with Crippen LogP contribution in [0.5, 0.6) is 0 Å². The minimum atomic E-state index is -0.410. The fraction of sp³-hybridized carbons (Fsp3) is 0.333. The predicted molar refractivity (Wildman–Crippen MR) is 100 cm³/mol. The Bertz CT molecular complexity index is 740. The molecule has 4 nitrogen and oxygen atoms in total. The number of hydrogen-bond acceptors (Lipinski definition) is 3. The second-order valence-electron chi connectivity index (χ2n) is 6.24. The monoisotopic (exact) mass is 338 g/mol. The number of carbonyl (C=O) groups excluding carboxylic acids is 2. The summed E-state index contributed by atoms with van der Waals surface area (Å²) >= 11 is 0. The molecule has 0 radical (unpaired) electrons. The minimum absolute atomic E-state index is 0.196. The third kappa shape index (κ3) is 5.54. The summed E-state index contributed by atoms with van der Waals surface area (Å²) in [5.74, 6) is -0.214. The lowest BCUT2D eigenvalue weighted by Gasteiger charge is -2.21. The average molecular weight is 338 g/mol. The summed E-state index contributed by atoms with van der Waals surface area (Å²) < 4.78 is 0. The van der Waals surface area contributed by atoms with Crippen molar-refractivity contribution in [1.82, 2.24) is 4.90 Å². The Morgan fingerprint density at radius 3 is 2.00 bits per heavy atom. The molecule has 0 fully saturated rings. The van der Waals surface area contributed by atoms with E-state index in [0.29, 0.717) is 12.0 Å². The molecule has 0 bridgehead atoms. The van der Waals surface area contributed by atoms with E-state index in [2.05, 4.69) is 11.8 Å². The van der Waals surface area contributed by atoms with Gasteiger partial charge in [0.2, 0.25) is 5.91 Å². The third-order valence-corrected chi connectivity index (χ3v) is 4.20. The van der Waals surface area contributed by atoms with Gasteiger partial charge in [-0.05, 0) is 42.3 Å². The lowest BCUT2D eigenvalue weighted by molar-refractivity contribution is 0.0978. The van der Waals surface area contributed by atoms with Crippen molar-refractivity contribution in [3.8, 4) is 0 Å². The summed E-state index contributed by atoms with van der Waals surface area (Å²) in [6.07, 6.45) is 1.45. The highest BCUT2D eigenvalue weighted by Crippen LogP contribution is 2.14. The molecule has 4 heteroatoms. The molecule has 132 valence electrons. The van der Waals surface area contributed by atoms with E-state index in [4.69, 9.17) is 5.73 Å². The highest BCUT2D eigenvalue weighted by molar-refractivity contribution is 5.96. The van der Waals surface area contributed by atoms with E-state index in [1.165, 1.54) is 0 Å². The first-order valence-corrected chi connectivity index (χ1v) is 8.76. The van der Waals surface area contributed by atoms with E-state index < -0.39 is 5.91 Å². The zero-order valence-electron chi connectivity index (χ0n) is 15.0. The van der Waals surface area contributed by atoms with Gasteiger partial charge in [-0.3, -0.25) is 14.5 Å². The number of nitrogens with zero attached hydrogens (tertiary/aromatic N) is 1. The molecule has 0 atom stereocenters. The van der Waals surface area contributed by atoms with Crippen molar-refractivity contribution in [3.63, 3.8) is 0 Å². The maximum Gasteiger partial charge on any atom is 0.248 e. The molecule has 0 aliphatic heterocycles. The second-order valence-corrected chi connectivity index (χ2v) is 6.24. The van der Waals surface area contributed by atoms with Gasteiger partial charge in [-0.2, -0.15) is 0 Å². The first kappa shape index (κ1) is 18.9. The third-order valence-electron chi connectivity index (χ3n) is 4.20. The number of benzene rings is 2. The normalized spacial score (nSPS) is 10.8. The molecule has 2 aromatic carbocycles. The summed E-state index contributed by atoms with van der Waals surface area (Å²) in [5, 5.41) is 0. The first-order chi connectivity index (χ1) is 12.0. The van der Waals surface area contributed by atoms with Gasteiger partial charge in [-0.25, -0.2) is 0 Å². The Balaban J connectivity index is 2.09. The molecule has 0 saturated carbocycles. The van der Waals surface area contributed by atoms with Crippen LogP contribution in [0, 0.1) is 0 Å². The van der Waals surface area contributed by atoms with Crippen molar-refractivity contribution in [1.29, 1.82) is 0 Å². The number of ketones is 1. The second kappa shape index (κ2) is 9.14. The van der Waals surface area contributed by atoms with E-state index in [9.17, 15) is 9.59 Å². The maximum atomic E-state index is 12.1. The molecule has 0 unspecified atom stereocenters. The molecule has 0 aromatic heterocycles. The standard InChI is InChI=1S/C21H26N2O2/c1-3-7-20(24)18-10-5-8-16(12-18)14-23(4-2)15-17-9-6-11-19(13-17)21(22)25/h5-6,8-13H,3-4,7,14-15H2,1-2H3,(H2,22,25). The van der Waals surface area contributed by atoms with Gasteiger partial charge in [-0.15, -0.1) is 0 Å². The van der Waals surface area contributed by atoms with Crippen LogP contribution in [0.25, 0.3) is 0 Å². The molecule has 0 heterocycles. The van der Waals surface area contributed by atoms with Crippen LogP contribution in [0.2, 0.25) is 0 Å². The van der Waals surface area contributed by atoms with Crippen molar-refractivity contribution < 1.29 is 9.59 Å². The zero-order valence-corrected chi connectivity index (χ0v) is 15.0. The van der Waals surface area contributed by atoms with Gasteiger partial charge in [0.1, 0.15) is 0 Å². The van der Waals surface area contributed by atoms with E-state index in [0.717, 1.165) is 42.7 Å². The predicted octanol–water partition coefficient (Wildman–Crippen LogP) is 3.79. The quantitative estimate of drug-likeness (QED) is 0.708. The van der Waals surface area contributed by atoms with Crippen LogP contribution in [0.1, 0.15) is 58.5 Å². The molecule has 2 N–H and O–H groups in total. The van der Waals surface area contributed by atoms with Gasteiger partial charge in [0, 0.05) is 30.6 Å². The van der Waals surface area contributed by atoms with Crippen molar-refractivity contribution in [3.05, 3.63) is 70.8 Å². The van der Waals surface area contributed by atoms with Crippen LogP contribution < -0.4 is 5.73 Å². The summed E-state index contributed by atoms with van der Waals surface area (Å²) in [4.78, 5) is 25.7. The summed E-state index contributed by atoms with van der Waals surface area (Å²) in [7, 11) is 0. The van der Waals surface area contributed by atoms with Crippen molar-refractivity contribution in [2.75, 3.05) is 6.54 Å². The zero-order chi connectivity index (χ0) is 18.2. The molecular formula is C21H26N2O2. The van der Waals surface area contributed by atoms with E-state index in [-0.39, 0.29) is 5.78 Å². The number of rotatable bonds is 9. The minimum Gasteiger partial charge on any atom is -0.366 e. The molecule has 0 saturated heterocycles. The molecule has 0 spiro atoms. The van der Waals surface area contributed by atoms with Crippen LogP contribution in [0.15, 0.2) is 48.5 Å². The number of Topliss-reactive ketones (excluding diaryl/α,β-unsaturated/α-hetero) is 1. The number of amides is 1. The lowest BCUT2D eigenvalue weighted by atomic mass is 10.0. The Morgan fingerprint density at radius 2 is 1.48 bits per heavy atom. The van der Waals surface area contributed by atoms with Crippen LogP contribution >= 0.6 is 0 Å². The van der Waals surface area contributed by atoms with Crippen LogP contribution in [0.3, 0.4) is 0 Å².